The first kappa shape index (κ1) is 15.3. The van der Waals surface area contributed by atoms with Crippen molar-refractivity contribution in [1.29, 1.82) is 0 Å². The molecule has 1 heterocycles. The monoisotopic (exact) mass is 298 g/mol. The van der Waals surface area contributed by atoms with Crippen molar-refractivity contribution in [3.05, 3.63) is 29.0 Å². The largest absolute Gasteiger partial charge is 0.325 e. The van der Waals surface area contributed by atoms with E-state index in [1.54, 1.807) is 6.07 Å². The molecule has 1 saturated heterocycles. The summed E-state index contributed by atoms with van der Waals surface area (Å²) >= 11 is 5.81. The average Bonchev–Trinajstić information content (AvgIpc) is 2.38. The van der Waals surface area contributed by atoms with Crippen LogP contribution in [0.25, 0.3) is 0 Å². The highest BCUT2D eigenvalue weighted by Crippen LogP contribution is 2.33. The number of nitrogens with one attached hydrogen (secondary N) is 2. The Balaban J connectivity index is 2.15. The summed E-state index contributed by atoms with van der Waals surface area (Å²) in [6.07, 6.45) is 3.62. The molecule has 1 amide bonds. The number of piperidine rings is 1. The van der Waals surface area contributed by atoms with E-state index in [-0.39, 0.29) is 10.9 Å². The first-order valence-electron chi connectivity index (χ1n) is 7.04. The van der Waals surface area contributed by atoms with Crippen molar-refractivity contribution < 1.29 is 9.18 Å². The van der Waals surface area contributed by atoms with Crippen molar-refractivity contribution in [2.45, 2.75) is 32.6 Å². The van der Waals surface area contributed by atoms with E-state index in [0.29, 0.717) is 12.2 Å². The minimum absolute atomic E-state index is 0.0479. The maximum absolute atomic E-state index is 13.3. The average molecular weight is 299 g/mol. The molecule has 1 atom stereocenters. The van der Waals surface area contributed by atoms with Crippen molar-refractivity contribution >= 4 is 23.2 Å². The van der Waals surface area contributed by atoms with Crippen LogP contribution in [0.1, 0.15) is 32.6 Å². The van der Waals surface area contributed by atoms with Gasteiger partial charge in [0.05, 0.1) is 5.41 Å². The summed E-state index contributed by atoms with van der Waals surface area (Å²) in [4.78, 5) is 12.6. The zero-order valence-electron chi connectivity index (χ0n) is 11.6. The van der Waals surface area contributed by atoms with Crippen LogP contribution in [0.15, 0.2) is 18.2 Å². The van der Waals surface area contributed by atoms with Gasteiger partial charge in [-0.3, -0.25) is 4.79 Å². The first-order valence-corrected chi connectivity index (χ1v) is 7.42. The van der Waals surface area contributed by atoms with E-state index in [9.17, 15) is 9.18 Å². The van der Waals surface area contributed by atoms with Crippen LogP contribution in [-0.2, 0) is 4.79 Å². The predicted octanol–water partition coefficient (Wildman–Crippen LogP) is 3.59. The normalized spacial score (nSPS) is 22.6. The third-order valence-electron chi connectivity index (χ3n) is 3.80. The zero-order valence-corrected chi connectivity index (χ0v) is 12.4. The number of rotatable bonds is 4. The molecule has 5 heteroatoms. The van der Waals surface area contributed by atoms with E-state index < -0.39 is 11.2 Å². The molecule has 1 unspecified atom stereocenters. The van der Waals surface area contributed by atoms with E-state index in [4.69, 9.17) is 11.6 Å². The van der Waals surface area contributed by atoms with Gasteiger partial charge >= 0.3 is 0 Å². The van der Waals surface area contributed by atoms with Crippen LogP contribution in [0.3, 0.4) is 0 Å². The second-order valence-electron chi connectivity index (χ2n) is 5.42. The maximum Gasteiger partial charge on any atom is 0.231 e. The van der Waals surface area contributed by atoms with Crippen LogP contribution in [-0.4, -0.2) is 19.0 Å². The Labute approximate surface area is 123 Å². The Morgan fingerprint density at radius 2 is 2.30 bits per heavy atom. The van der Waals surface area contributed by atoms with Gasteiger partial charge in [0, 0.05) is 17.3 Å². The lowest BCUT2D eigenvalue weighted by Crippen LogP contribution is -2.48. The van der Waals surface area contributed by atoms with E-state index in [2.05, 4.69) is 17.6 Å². The third-order valence-corrected chi connectivity index (χ3v) is 4.02. The summed E-state index contributed by atoms with van der Waals surface area (Å²) in [7, 11) is 0. The molecule has 0 spiro atoms. The highest BCUT2D eigenvalue weighted by molar-refractivity contribution is 6.30. The zero-order chi connectivity index (χ0) is 14.6. The third kappa shape index (κ3) is 3.49. The number of carbonyl (C=O) groups excluding carboxylic acids is 1. The fourth-order valence-corrected chi connectivity index (χ4v) is 3.08. The summed E-state index contributed by atoms with van der Waals surface area (Å²) < 4.78 is 13.3. The molecule has 20 heavy (non-hydrogen) atoms. The Kier molecular flexibility index (Phi) is 5.00. The predicted molar refractivity (Wildman–Crippen MR) is 79.5 cm³/mol. The molecule has 0 saturated carbocycles. The molecule has 0 bridgehead atoms. The smallest absolute Gasteiger partial charge is 0.231 e. The molecule has 1 aliphatic rings. The summed E-state index contributed by atoms with van der Waals surface area (Å²) in [5, 5.41) is 6.39. The van der Waals surface area contributed by atoms with Gasteiger partial charge in [0.1, 0.15) is 5.82 Å². The summed E-state index contributed by atoms with van der Waals surface area (Å²) in [6.45, 7) is 3.70. The van der Waals surface area contributed by atoms with Gasteiger partial charge in [-0.15, -0.1) is 0 Å². The molecular weight excluding hydrogens is 279 g/mol. The standard InChI is InChI=1S/C15H20ClFN2O/c1-2-4-15(5-3-6-18-10-15)14(20)19-13-8-11(16)7-12(17)9-13/h7-9,18H,2-6,10H2,1H3,(H,19,20). The van der Waals surface area contributed by atoms with Crippen molar-refractivity contribution in [3.8, 4) is 0 Å². The van der Waals surface area contributed by atoms with E-state index in [0.717, 1.165) is 32.2 Å². The van der Waals surface area contributed by atoms with Crippen LogP contribution in [0.4, 0.5) is 10.1 Å². The summed E-state index contributed by atoms with van der Waals surface area (Å²) in [5.41, 5.74) is 0.0206. The Bertz CT molecular complexity index is 461. The van der Waals surface area contributed by atoms with Crippen LogP contribution in [0, 0.1) is 11.2 Å². The summed E-state index contributed by atoms with van der Waals surface area (Å²) in [5.74, 6) is -0.493. The van der Waals surface area contributed by atoms with E-state index in [1.807, 2.05) is 0 Å². The SMILES string of the molecule is CCCC1(C(=O)Nc2cc(F)cc(Cl)c2)CCCNC1. The number of anilines is 1. The number of benzene rings is 1. The summed E-state index contributed by atoms with van der Waals surface area (Å²) in [6, 6.07) is 4.08. The van der Waals surface area contributed by atoms with Crippen molar-refractivity contribution in [1.82, 2.24) is 5.32 Å². The fourth-order valence-electron chi connectivity index (χ4n) is 2.86. The maximum atomic E-state index is 13.3. The van der Waals surface area contributed by atoms with Crippen molar-refractivity contribution in [2.75, 3.05) is 18.4 Å². The van der Waals surface area contributed by atoms with Crippen molar-refractivity contribution in [3.63, 3.8) is 0 Å². The number of hydrogen-bond donors (Lipinski definition) is 2. The van der Waals surface area contributed by atoms with Gasteiger partial charge in [0.15, 0.2) is 0 Å². The number of carbonyl (C=O) groups is 1. The topological polar surface area (TPSA) is 41.1 Å². The van der Waals surface area contributed by atoms with E-state index >= 15 is 0 Å². The van der Waals surface area contributed by atoms with Gasteiger partial charge < -0.3 is 10.6 Å². The molecule has 0 aliphatic carbocycles. The van der Waals surface area contributed by atoms with Gasteiger partial charge in [0.25, 0.3) is 0 Å². The second kappa shape index (κ2) is 6.55. The molecule has 1 aliphatic heterocycles. The number of hydrogen-bond acceptors (Lipinski definition) is 2. The Morgan fingerprint density at radius 1 is 1.50 bits per heavy atom. The minimum Gasteiger partial charge on any atom is -0.325 e. The highest BCUT2D eigenvalue weighted by Gasteiger charge is 2.38. The molecule has 0 radical (unpaired) electrons. The molecule has 3 nitrogen and oxygen atoms in total. The molecule has 2 rings (SSSR count). The van der Waals surface area contributed by atoms with Crippen LogP contribution >= 0.6 is 11.6 Å². The molecule has 1 fully saturated rings. The van der Waals surface area contributed by atoms with Gasteiger partial charge in [-0.25, -0.2) is 4.39 Å². The van der Waals surface area contributed by atoms with Crippen LogP contribution in [0.2, 0.25) is 5.02 Å². The second-order valence-corrected chi connectivity index (χ2v) is 5.86. The molecule has 110 valence electrons. The lowest BCUT2D eigenvalue weighted by molar-refractivity contribution is -0.127. The van der Waals surface area contributed by atoms with Gasteiger partial charge in [-0.1, -0.05) is 24.9 Å². The molecule has 1 aromatic carbocycles. The van der Waals surface area contributed by atoms with Crippen molar-refractivity contribution in [2.24, 2.45) is 5.41 Å². The van der Waals surface area contributed by atoms with Crippen LogP contribution < -0.4 is 10.6 Å². The lowest BCUT2D eigenvalue weighted by Gasteiger charge is -2.36. The molecule has 2 N–H and O–H groups in total. The van der Waals surface area contributed by atoms with Gasteiger partial charge in [-0.05, 0) is 44.0 Å². The Hall–Kier alpha value is -1.13. The lowest BCUT2D eigenvalue weighted by atomic mass is 9.76. The van der Waals surface area contributed by atoms with Crippen LogP contribution in [0.5, 0.6) is 0 Å². The molecular formula is C15H20ClFN2O. The first-order chi connectivity index (χ1) is 9.55. The number of halogens is 2. The molecule has 0 aromatic heterocycles. The van der Waals surface area contributed by atoms with E-state index in [1.165, 1.54) is 12.1 Å². The number of amides is 1. The van der Waals surface area contributed by atoms with Gasteiger partial charge in [0.2, 0.25) is 5.91 Å². The Morgan fingerprint density at radius 3 is 2.90 bits per heavy atom. The molecule has 1 aromatic rings. The highest BCUT2D eigenvalue weighted by atomic mass is 35.5. The fraction of sp³-hybridized carbons (Fsp3) is 0.533. The minimum atomic E-state index is -0.445. The quantitative estimate of drug-likeness (QED) is 0.892. The van der Waals surface area contributed by atoms with Gasteiger partial charge in [-0.2, -0.15) is 0 Å².